The maximum Gasteiger partial charge on any atom is 0.191 e. The Bertz CT molecular complexity index is 1050. The minimum Gasteiger partial charge on any atom is -0.341 e. The van der Waals surface area contributed by atoms with Crippen LogP contribution in [0.1, 0.15) is 30.0 Å². The van der Waals surface area contributed by atoms with E-state index in [0.29, 0.717) is 5.75 Å². The Kier molecular flexibility index (Phi) is 5.63. The first-order valence-corrected chi connectivity index (χ1v) is 11.0. The average molecular weight is 412 g/mol. The summed E-state index contributed by atoms with van der Waals surface area (Å²) in [7, 11) is 0. The molecule has 1 aromatic carbocycles. The molecule has 0 saturated carbocycles. The molecular formula is C19H21N7S2. The maximum absolute atomic E-state index is 4.63. The molecule has 0 radical (unpaired) electrons. The molecule has 0 spiro atoms. The van der Waals surface area contributed by atoms with E-state index in [1.54, 1.807) is 23.5 Å². The van der Waals surface area contributed by atoms with Crippen LogP contribution in [0.3, 0.4) is 0 Å². The van der Waals surface area contributed by atoms with E-state index in [-0.39, 0.29) is 0 Å². The predicted molar refractivity (Wildman–Crippen MR) is 112 cm³/mol. The van der Waals surface area contributed by atoms with Crippen molar-refractivity contribution in [2.75, 3.05) is 0 Å². The fraction of sp³-hybridized carbons (Fsp3) is 0.316. The largest absolute Gasteiger partial charge is 0.341 e. The summed E-state index contributed by atoms with van der Waals surface area (Å²) in [6.45, 7) is 6.90. The maximum atomic E-state index is 4.63. The number of hydrogen-bond acceptors (Lipinski definition) is 7. The molecular weight excluding hydrogens is 390 g/mol. The van der Waals surface area contributed by atoms with E-state index in [4.69, 9.17) is 0 Å². The molecule has 0 aliphatic heterocycles. The fourth-order valence-electron chi connectivity index (χ4n) is 2.94. The van der Waals surface area contributed by atoms with Gasteiger partial charge in [0.2, 0.25) is 0 Å². The van der Waals surface area contributed by atoms with Crippen LogP contribution in [-0.4, -0.2) is 34.7 Å². The number of para-hydroxylation sites is 2. The summed E-state index contributed by atoms with van der Waals surface area (Å²) in [6.07, 6.45) is 0. The highest BCUT2D eigenvalue weighted by atomic mass is 32.2. The zero-order valence-electron chi connectivity index (χ0n) is 16.0. The molecule has 9 heteroatoms. The molecule has 3 aromatic heterocycles. The van der Waals surface area contributed by atoms with Crippen molar-refractivity contribution in [2.24, 2.45) is 0 Å². The second-order valence-corrected chi connectivity index (χ2v) is 8.24. The third kappa shape index (κ3) is 4.20. The van der Waals surface area contributed by atoms with Crippen molar-refractivity contribution in [3.8, 4) is 0 Å². The lowest BCUT2D eigenvalue weighted by Crippen LogP contribution is -2.03. The number of H-pyrrole nitrogens is 1. The second-order valence-electron chi connectivity index (χ2n) is 6.35. The van der Waals surface area contributed by atoms with Gasteiger partial charge in [-0.3, -0.25) is 0 Å². The van der Waals surface area contributed by atoms with Crippen molar-refractivity contribution in [3.05, 3.63) is 53.4 Å². The van der Waals surface area contributed by atoms with Crippen LogP contribution in [0, 0.1) is 13.8 Å². The number of hydrogen-bond donors (Lipinski definition) is 1. The van der Waals surface area contributed by atoms with Gasteiger partial charge in [0.05, 0.1) is 22.5 Å². The number of thioether (sulfide) groups is 2. The van der Waals surface area contributed by atoms with Gasteiger partial charge >= 0.3 is 0 Å². The lowest BCUT2D eigenvalue weighted by molar-refractivity contribution is 0.658. The molecule has 0 unspecified atom stereocenters. The van der Waals surface area contributed by atoms with Crippen molar-refractivity contribution < 1.29 is 0 Å². The lowest BCUT2D eigenvalue weighted by atomic mass is 10.3. The first-order valence-electron chi connectivity index (χ1n) is 9.06. The summed E-state index contributed by atoms with van der Waals surface area (Å²) in [4.78, 5) is 17.0. The molecule has 0 fully saturated rings. The lowest BCUT2D eigenvalue weighted by Gasteiger charge is -2.07. The molecule has 0 atom stereocenters. The van der Waals surface area contributed by atoms with Gasteiger partial charge in [0.1, 0.15) is 11.6 Å². The van der Waals surface area contributed by atoms with Crippen molar-refractivity contribution in [1.29, 1.82) is 0 Å². The SMILES string of the molecule is CCn1c(CSc2nc(C)cc(C)n2)nnc1SCc1nc2ccccc2[nH]1. The Morgan fingerprint density at radius 3 is 2.50 bits per heavy atom. The first kappa shape index (κ1) is 18.9. The van der Waals surface area contributed by atoms with Crippen LogP contribution in [0.25, 0.3) is 11.0 Å². The molecule has 3 heterocycles. The molecule has 0 bridgehead atoms. The first-order chi connectivity index (χ1) is 13.6. The van der Waals surface area contributed by atoms with E-state index in [2.05, 4.69) is 41.6 Å². The Balaban J connectivity index is 1.44. The van der Waals surface area contributed by atoms with Crippen LogP contribution in [0.2, 0.25) is 0 Å². The van der Waals surface area contributed by atoms with Crippen molar-refractivity contribution in [2.45, 2.75) is 49.1 Å². The standard InChI is InChI=1S/C19H21N7S2/c1-4-26-17(11-27-18-20-12(2)9-13(3)21-18)24-25-19(26)28-10-16-22-14-7-5-6-8-15(14)23-16/h5-9H,4,10-11H2,1-3H3,(H,22,23). The predicted octanol–water partition coefficient (Wildman–Crippen LogP) is 4.17. The molecule has 28 heavy (non-hydrogen) atoms. The summed E-state index contributed by atoms with van der Waals surface area (Å²) in [5.41, 5.74) is 4.00. The highest BCUT2D eigenvalue weighted by molar-refractivity contribution is 7.98. The number of aromatic nitrogens is 7. The van der Waals surface area contributed by atoms with E-state index < -0.39 is 0 Å². The number of benzene rings is 1. The van der Waals surface area contributed by atoms with Gasteiger partial charge in [-0.25, -0.2) is 15.0 Å². The van der Waals surface area contributed by atoms with Crippen molar-refractivity contribution in [3.63, 3.8) is 0 Å². The van der Waals surface area contributed by atoms with Crippen molar-refractivity contribution >= 4 is 34.6 Å². The number of aryl methyl sites for hydroxylation is 2. The Labute approximate surface area is 171 Å². The zero-order chi connectivity index (χ0) is 19.5. The number of imidazole rings is 1. The Morgan fingerprint density at radius 2 is 1.75 bits per heavy atom. The fourth-order valence-corrected chi connectivity index (χ4v) is 4.72. The van der Waals surface area contributed by atoms with Gasteiger partial charge in [0.25, 0.3) is 0 Å². The van der Waals surface area contributed by atoms with Gasteiger partial charge in [-0.1, -0.05) is 35.7 Å². The molecule has 0 aliphatic rings. The Hall–Kier alpha value is -2.39. The number of nitrogens with zero attached hydrogens (tertiary/aromatic N) is 6. The summed E-state index contributed by atoms with van der Waals surface area (Å²) >= 11 is 3.23. The third-order valence-corrected chi connectivity index (χ3v) is 6.00. The van der Waals surface area contributed by atoms with Crippen LogP contribution < -0.4 is 0 Å². The van der Waals surface area contributed by atoms with Gasteiger partial charge in [-0.2, -0.15) is 0 Å². The number of rotatable bonds is 7. The van der Waals surface area contributed by atoms with Gasteiger partial charge < -0.3 is 9.55 Å². The van der Waals surface area contributed by atoms with Crippen molar-refractivity contribution in [1.82, 2.24) is 34.7 Å². The number of aromatic amines is 1. The molecule has 0 amide bonds. The summed E-state index contributed by atoms with van der Waals surface area (Å²) in [5.74, 6) is 3.29. The van der Waals surface area contributed by atoms with Gasteiger partial charge in [0, 0.05) is 17.9 Å². The molecule has 7 nitrogen and oxygen atoms in total. The molecule has 0 aliphatic carbocycles. The minimum absolute atomic E-state index is 0.689. The number of nitrogens with one attached hydrogen (secondary N) is 1. The average Bonchev–Trinajstić information content (AvgIpc) is 3.26. The van der Waals surface area contributed by atoms with E-state index in [1.807, 2.05) is 44.2 Å². The highest BCUT2D eigenvalue weighted by Crippen LogP contribution is 2.25. The van der Waals surface area contributed by atoms with Gasteiger partial charge in [0.15, 0.2) is 10.3 Å². The van der Waals surface area contributed by atoms with E-state index in [0.717, 1.165) is 56.7 Å². The van der Waals surface area contributed by atoms with Crippen LogP contribution >= 0.6 is 23.5 Å². The van der Waals surface area contributed by atoms with Crippen LogP contribution in [-0.2, 0) is 18.1 Å². The van der Waals surface area contributed by atoms with E-state index in [1.165, 1.54) is 0 Å². The number of fused-ring (bicyclic) bond motifs is 1. The smallest absolute Gasteiger partial charge is 0.191 e. The Morgan fingerprint density at radius 1 is 0.964 bits per heavy atom. The monoisotopic (exact) mass is 411 g/mol. The molecule has 4 rings (SSSR count). The third-order valence-electron chi connectivity index (χ3n) is 4.18. The minimum atomic E-state index is 0.689. The molecule has 144 valence electrons. The summed E-state index contributed by atoms with van der Waals surface area (Å²) < 4.78 is 2.14. The van der Waals surface area contributed by atoms with E-state index >= 15 is 0 Å². The zero-order valence-corrected chi connectivity index (χ0v) is 17.6. The summed E-state index contributed by atoms with van der Waals surface area (Å²) in [6, 6.07) is 10.0. The molecule has 4 aromatic rings. The normalized spacial score (nSPS) is 11.4. The van der Waals surface area contributed by atoms with Gasteiger partial charge in [-0.05, 0) is 39.0 Å². The second kappa shape index (κ2) is 8.32. The molecule has 1 N–H and O–H groups in total. The van der Waals surface area contributed by atoms with Crippen LogP contribution in [0.5, 0.6) is 0 Å². The highest BCUT2D eigenvalue weighted by Gasteiger charge is 2.14. The quantitative estimate of drug-likeness (QED) is 0.361. The van der Waals surface area contributed by atoms with Crippen LogP contribution in [0.4, 0.5) is 0 Å². The topological polar surface area (TPSA) is 85.2 Å². The molecule has 0 saturated heterocycles. The van der Waals surface area contributed by atoms with E-state index in [9.17, 15) is 0 Å². The van der Waals surface area contributed by atoms with Gasteiger partial charge in [-0.15, -0.1) is 10.2 Å². The van der Waals surface area contributed by atoms with Crippen LogP contribution in [0.15, 0.2) is 40.6 Å². The summed E-state index contributed by atoms with van der Waals surface area (Å²) in [5, 5.41) is 10.5.